The molecule has 0 saturated heterocycles. The molecule has 0 amide bonds. The van der Waals surface area contributed by atoms with Crippen molar-refractivity contribution in [3.05, 3.63) is 76.6 Å². The molecular weight excluding hydrogens is 471 g/mol. The molecule has 1 atom stereocenters. The second-order valence-electron chi connectivity index (χ2n) is 6.69. The summed E-state index contributed by atoms with van der Waals surface area (Å²) in [7, 11) is 2.46. The van der Waals surface area contributed by atoms with Crippen molar-refractivity contribution in [2.75, 3.05) is 28.4 Å². The molecule has 2 heterocycles. The first-order chi connectivity index (χ1) is 15.0. The van der Waals surface area contributed by atoms with Crippen molar-refractivity contribution in [2.24, 2.45) is 4.99 Å². The van der Waals surface area contributed by atoms with Gasteiger partial charge in [-0.2, -0.15) is 0 Å². The van der Waals surface area contributed by atoms with Gasteiger partial charge < -0.3 is 23.4 Å². The maximum absolute atomic E-state index is 13.3. The van der Waals surface area contributed by atoms with Gasteiger partial charge in [0.25, 0.3) is 0 Å². The first-order valence-electron chi connectivity index (χ1n) is 9.50. The highest BCUT2D eigenvalue weighted by Gasteiger charge is 2.44. The summed E-state index contributed by atoms with van der Waals surface area (Å²) >= 11 is 1.39. The summed E-state index contributed by atoms with van der Waals surface area (Å²) in [5.41, 5.74) is 3.12. The average molecular weight is 495 g/mol. The summed E-state index contributed by atoms with van der Waals surface area (Å²) in [6, 6.07) is 15.2. The van der Waals surface area contributed by atoms with Gasteiger partial charge in [0.1, 0.15) is 16.9 Å². The maximum atomic E-state index is 13.3. The summed E-state index contributed by atoms with van der Waals surface area (Å²) in [4.78, 5) is 6.71. The van der Waals surface area contributed by atoms with E-state index in [0.29, 0.717) is 22.1 Å². The SMILES string of the molecule is COc1ccc(C2C=C(c3ccccc3)N=C3SC=C(P(=O)(OC)OC)N32)c(OC)c1.Cl. The molecule has 2 aromatic carbocycles. The van der Waals surface area contributed by atoms with E-state index in [1.807, 2.05) is 59.5 Å². The molecule has 2 aromatic rings. The van der Waals surface area contributed by atoms with E-state index in [2.05, 4.69) is 0 Å². The number of ether oxygens (including phenoxy) is 2. The van der Waals surface area contributed by atoms with Gasteiger partial charge in [-0.3, -0.25) is 4.57 Å². The Hall–Kier alpha value is -2.22. The summed E-state index contributed by atoms with van der Waals surface area (Å²) in [6.07, 6.45) is 2.03. The van der Waals surface area contributed by atoms with Crippen LogP contribution in [-0.4, -0.2) is 38.5 Å². The second-order valence-corrected chi connectivity index (χ2v) is 9.71. The summed E-state index contributed by atoms with van der Waals surface area (Å²) in [6.45, 7) is 0. The zero-order valence-electron chi connectivity index (χ0n) is 18.1. The highest BCUT2D eigenvalue weighted by atomic mass is 35.5. The lowest BCUT2D eigenvalue weighted by molar-refractivity contribution is 0.271. The van der Waals surface area contributed by atoms with E-state index in [4.69, 9.17) is 23.5 Å². The molecule has 0 aromatic heterocycles. The number of hydrogen-bond donors (Lipinski definition) is 0. The minimum Gasteiger partial charge on any atom is -0.497 e. The van der Waals surface area contributed by atoms with Crippen LogP contribution in [0.3, 0.4) is 0 Å². The first kappa shape index (κ1) is 24.4. The molecule has 0 aliphatic carbocycles. The van der Waals surface area contributed by atoms with Crippen molar-refractivity contribution in [3.8, 4) is 11.5 Å². The third-order valence-electron chi connectivity index (χ3n) is 5.12. The van der Waals surface area contributed by atoms with Crippen LogP contribution in [0.2, 0.25) is 0 Å². The van der Waals surface area contributed by atoms with Crippen LogP contribution in [0.25, 0.3) is 5.70 Å². The van der Waals surface area contributed by atoms with Crippen LogP contribution in [0.4, 0.5) is 0 Å². The van der Waals surface area contributed by atoms with Crippen molar-refractivity contribution in [3.63, 3.8) is 0 Å². The molecule has 2 aliphatic heterocycles. The van der Waals surface area contributed by atoms with E-state index in [9.17, 15) is 4.57 Å². The lowest BCUT2D eigenvalue weighted by Gasteiger charge is -2.35. The predicted molar refractivity (Wildman–Crippen MR) is 131 cm³/mol. The van der Waals surface area contributed by atoms with Crippen LogP contribution in [0, 0.1) is 0 Å². The third-order valence-corrected chi connectivity index (χ3v) is 8.00. The molecule has 0 N–H and O–H groups in total. The number of hydrogen-bond acceptors (Lipinski definition) is 8. The van der Waals surface area contributed by atoms with Gasteiger partial charge in [-0.05, 0) is 23.8 Å². The lowest BCUT2D eigenvalue weighted by atomic mass is 10.00. The number of aliphatic imine (C=N–C) groups is 1. The Morgan fingerprint density at radius 2 is 1.72 bits per heavy atom. The Labute approximate surface area is 198 Å². The number of benzene rings is 2. The van der Waals surface area contributed by atoms with E-state index in [1.54, 1.807) is 19.6 Å². The average Bonchev–Trinajstić information content (AvgIpc) is 3.28. The fourth-order valence-electron chi connectivity index (χ4n) is 3.54. The minimum absolute atomic E-state index is 0. The number of halogens is 1. The van der Waals surface area contributed by atoms with Crippen molar-refractivity contribution in [1.82, 2.24) is 4.90 Å². The van der Waals surface area contributed by atoms with Gasteiger partial charge in [-0.1, -0.05) is 42.1 Å². The van der Waals surface area contributed by atoms with E-state index in [0.717, 1.165) is 16.8 Å². The predicted octanol–water partition coefficient (Wildman–Crippen LogP) is 5.91. The van der Waals surface area contributed by atoms with Gasteiger partial charge in [0.05, 0.1) is 26.0 Å². The molecule has 170 valence electrons. The number of thioether (sulfide) groups is 1. The van der Waals surface area contributed by atoms with Crippen LogP contribution in [0.5, 0.6) is 11.5 Å². The zero-order valence-corrected chi connectivity index (χ0v) is 20.6. The molecule has 0 fully saturated rings. The van der Waals surface area contributed by atoms with Crippen molar-refractivity contribution >= 4 is 42.6 Å². The molecule has 2 aliphatic rings. The molecule has 1 unspecified atom stereocenters. The van der Waals surface area contributed by atoms with Gasteiger partial charge >= 0.3 is 7.60 Å². The van der Waals surface area contributed by atoms with Gasteiger partial charge in [0.15, 0.2) is 5.17 Å². The second kappa shape index (κ2) is 10.1. The van der Waals surface area contributed by atoms with Gasteiger partial charge in [-0.15, -0.1) is 12.4 Å². The molecule has 7 nitrogen and oxygen atoms in total. The molecule has 10 heteroatoms. The van der Waals surface area contributed by atoms with Crippen molar-refractivity contribution in [1.29, 1.82) is 0 Å². The summed E-state index contributed by atoms with van der Waals surface area (Å²) in [5, 5.41) is 2.46. The largest absolute Gasteiger partial charge is 0.497 e. The van der Waals surface area contributed by atoms with Gasteiger partial charge in [-0.25, -0.2) is 4.99 Å². The molecule has 0 spiro atoms. The first-order valence-corrected chi connectivity index (χ1v) is 11.9. The molecule has 4 rings (SSSR count). The van der Waals surface area contributed by atoms with Crippen LogP contribution in [-0.2, 0) is 13.6 Å². The standard InChI is InChI=1S/C22H23N2O5PS.ClH/c1-26-16-10-11-17(20(12-16)27-2)19-13-18(15-8-6-5-7-9-15)23-22-24(19)21(14-31-22)30(25,28-3)29-4;/h5-14,19H,1-4H3;1H. The van der Waals surface area contributed by atoms with Crippen LogP contribution < -0.4 is 9.47 Å². The maximum Gasteiger partial charge on any atom is 0.377 e. The van der Waals surface area contributed by atoms with Crippen molar-refractivity contribution < 1.29 is 23.1 Å². The summed E-state index contributed by atoms with van der Waals surface area (Å²) < 4.78 is 34.9. The number of nitrogens with zero attached hydrogens (tertiary/aromatic N) is 2. The number of fused-ring (bicyclic) bond motifs is 1. The lowest BCUT2D eigenvalue weighted by Crippen LogP contribution is -2.31. The van der Waals surface area contributed by atoms with Crippen molar-refractivity contribution in [2.45, 2.75) is 6.04 Å². The highest BCUT2D eigenvalue weighted by molar-refractivity contribution is 8.16. The number of rotatable bonds is 7. The smallest absolute Gasteiger partial charge is 0.377 e. The molecule has 0 bridgehead atoms. The monoisotopic (exact) mass is 494 g/mol. The molecule has 32 heavy (non-hydrogen) atoms. The van der Waals surface area contributed by atoms with E-state index in [-0.39, 0.29) is 18.4 Å². The van der Waals surface area contributed by atoms with E-state index < -0.39 is 7.60 Å². The van der Waals surface area contributed by atoms with Crippen LogP contribution in [0.15, 0.2) is 70.4 Å². The Balaban J connectivity index is 0.00000289. The fourth-order valence-corrected chi connectivity index (χ4v) is 6.09. The Kier molecular flexibility index (Phi) is 7.75. The fraction of sp³-hybridized carbons (Fsp3) is 0.227. The van der Waals surface area contributed by atoms with Gasteiger partial charge in [0, 0.05) is 31.3 Å². The van der Waals surface area contributed by atoms with Gasteiger partial charge in [0.2, 0.25) is 0 Å². The Morgan fingerprint density at radius 1 is 1.00 bits per heavy atom. The zero-order chi connectivity index (χ0) is 22.0. The number of methoxy groups -OCH3 is 2. The summed E-state index contributed by atoms with van der Waals surface area (Å²) in [5.74, 6) is 1.33. The highest BCUT2D eigenvalue weighted by Crippen LogP contribution is 2.62. The third kappa shape index (κ3) is 4.34. The Bertz CT molecular complexity index is 1110. The van der Waals surface area contributed by atoms with E-state index >= 15 is 0 Å². The number of amidine groups is 1. The van der Waals surface area contributed by atoms with Crippen LogP contribution >= 0.6 is 31.8 Å². The minimum atomic E-state index is -3.52. The molecule has 0 saturated carbocycles. The normalized spacial score (nSPS) is 17.6. The van der Waals surface area contributed by atoms with Crippen LogP contribution in [0.1, 0.15) is 17.2 Å². The molecule has 0 radical (unpaired) electrons. The Morgan fingerprint density at radius 3 is 2.34 bits per heavy atom. The quantitative estimate of drug-likeness (QED) is 0.443. The topological polar surface area (TPSA) is 69.6 Å². The molecular formula is C22H24ClN2O5PS. The van der Waals surface area contributed by atoms with E-state index in [1.165, 1.54) is 26.0 Å².